The number of anilines is 1. The SMILES string of the molecule is CCCCNC(=O)CS(=O)(=O)c1cc(C)ccc1N. The molecule has 1 aromatic carbocycles. The number of benzene rings is 1. The highest BCUT2D eigenvalue weighted by molar-refractivity contribution is 7.92. The van der Waals surface area contributed by atoms with Crippen molar-refractivity contribution >= 4 is 21.4 Å². The van der Waals surface area contributed by atoms with Crippen LogP contribution >= 0.6 is 0 Å². The average molecular weight is 284 g/mol. The molecule has 3 N–H and O–H groups in total. The van der Waals surface area contributed by atoms with Gasteiger partial charge in [0.1, 0.15) is 5.75 Å². The lowest BCUT2D eigenvalue weighted by atomic mass is 10.2. The number of sulfone groups is 1. The van der Waals surface area contributed by atoms with Gasteiger partial charge in [0.15, 0.2) is 9.84 Å². The fourth-order valence-electron chi connectivity index (χ4n) is 1.62. The number of carbonyl (C=O) groups excluding carboxylic acids is 1. The number of nitrogen functional groups attached to an aromatic ring is 1. The van der Waals surface area contributed by atoms with Gasteiger partial charge in [0.25, 0.3) is 0 Å². The number of aryl methyl sites for hydroxylation is 1. The second-order valence-corrected chi connectivity index (χ2v) is 6.46. The summed E-state index contributed by atoms with van der Waals surface area (Å²) in [6.45, 7) is 4.27. The van der Waals surface area contributed by atoms with Gasteiger partial charge >= 0.3 is 0 Å². The maximum atomic E-state index is 12.1. The molecule has 19 heavy (non-hydrogen) atoms. The standard InChI is InChI=1S/C13H20N2O3S/c1-3-4-7-15-13(16)9-19(17,18)12-8-10(2)5-6-11(12)14/h5-6,8H,3-4,7,9,14H2,1-2H3,(H,15,16). The second kappa shape index (κ2) is 6.56. The van der Waals surface area contributed by atoms with Crippen molar-refractivity contribution in [3.05, 3.63) is 23.8 Å². The lowest BCUT2D eigenvalue weighted by molar-refractivity contribution is -0.118. The van der Waals surface area contributed by atoms with E-state index in [0.717, 1.165) is 18.4 Å². The summed E-state index contributed by atoms with van der Waals surface area (Å²) in [5, 5.41) is 2.58. The van der Waals surface area contributed by atoms with Gasteiger partial charge in [-0.25, -0.2) is 8.42 Å². The number of carbonyl (C=O) groups is 1. The zero-order valence-electron chi connectivity index (χ0n) is 11.3. The first kappa shape index (κ1) is 15.5. The molecule has 0 unspecified atom stereocenters. The first-order chi connectivity index (χ1) is 8.86. The lowest BCUT2D eigenvalue weighted by Gasteiger charge is -2.09. The Morgan fingerprint density at radius 1 is 1.37 bits per heavy atom. The summed E-state index contributed by atoms with van der Waals surface area (Å²) in [5.74, 6) is -1.06. The molecule has 0 aliphatic carbocycles. The Labute approximate surface area is 114 Å². The monoisotopic (exact) mass is 284 g/mol. The number of nitrogens with one attached hydrogen (secondary N) is 1. The van der Waals surface area contributed by atoms with E-state index in [1.165, 1.54) is 12.1 Å². The van der Waals surface area contributed by atoms with Crippen LogP contribution in [0.25, 0.3) is 0 Å². The molecule has 0 bridgehead atoms. The van der Waals surface area contributed by atoms with Gasteiger partial charge in [-0.3, -0.25) is 4.79 Å². The van der Waals surface area contributed by atoms with Crippen molar-refractivity contribution < 1.29 is 13.2 Å². The van der Waals surface area contributed by atoms with Crippen molar-refractivity contribution in [3.8, 4) is 0 Å². The zero-order chi connectivity index (χ0) is 14.5. The second-order valence-electron chi connectivity index (χ2n) is 4.50. The summed E-state index contributed by atoms with van der Waals surface area (Å²) < 4.78 is 24.2. The molecule has 0 aliphatic rings. The molecular weight excluding hydrogens is 264 g/mol. The van der Waals surface area contributed by atoms with Crippen LogP contribution < -0.4 is 11.1 Å². The van der Waals surface area contributed by atoms with E-state index in [0.29, 0.717) is 6.54 Å². The average Bonchev–Trinajstić information content (AvgIpc) is 2.32. The minimum Gasteiger partial charge on any atom is -0.398 e. The van der Waals surface area contributed by atoms with Crippen LogP contribution in [0.5, 0.6) is 0 Å². The molecule has 0 heterocycles. The number of nitrogens with two attached hydrogens (primary N) is 1. The molecule has 0 aromatic heterocycles. The van der Waals surface area contributed by atoms with Crippen molar-refractivity contribution in [1.29, 1.82) is 0 Å². The van der Waals surface area contributed by atoms with E-state index in [1.54, 1.807) is 13.0 Å². The van der Waals surface area contributed by atoms with Gasteiger partial charge < -0.3 is 11.1 Å². The summed E-state index contributed by atoms with van der Waals surface area (Å²) in [6.07, 6.45) is 1.77. The third-order valence-electron chi connectivity index (χ3n) is 2.68. The predicted molar refractivity (Wildman–Crippen MR) is 75.6 cm³/mol. The maximum Gasteiger partial charge on any atom is 0.235 e. The van der Waals surface area contributed by atoms with E-state index < -0.39 is 21.5 Å². The highest BCUT2D eigenvalue weighted by Crippen LogP contribution is 2.20. The van der Waals surface area contributed by atoms with Gasteiger partial charge in [-0.05, 0) is 31.0 Å². The largest absolute Gasteiger partial charge is 0.398 e. The Bertz CT molecular complexity index is 553. The van der Waals surface area contributed by atoms with Crippen molar-refractivity contribution in [2.75, 3.05) is 18.0 Å². The highest BCUT2D eigenvalue weighted by atomic mass is 32.2. The third kappa shape index (κ3) is 4.55. The smallest absolute Gasteiger partial charge is 0.235 e. The number of hydrogen-bond acceptors (Lipinski definition) is 4. The molecule has 0 aliphatic heterocycles. The third-order valence-corrected chi connectivity index (χ3v) is 4.34. The zero-order valence-corrected chi connectivity index (χ0v) is 12.1. The van der Waals surface area contributed by atoms with Crippen LogP contribution in [0, 0.1) is 6.92 Å². The van der Waals surface area contributed by atoms with Crippen LogP contribution in [0.15, 0.2) is 23.1 Å². The van der Waals surface area contributed by atoms with Crippen LogP contribution in [0.4, 0.5) is 5.69 Å². The quantitative estimate of drug-likeness (QED) is 0.608. The first-order valence-corrected chi connectivity index (χ1v) is 7.87. The molecule has 106 valence electrons. The first-order valence-electron chi connectivity index (χ1n) is 6.22. The summed E-state index contributed by atoms with van der Waals surface area (Å²) >= 11 is 0. The van der Waals surface area contributed by atoms with Crippen LogP contribution in [-0.4, -0.2) is 26.6 Å². The highest BCUT2D eigenvalue weighted by Gasteiger charge is 2.21. The van der Waals surface area contributed by atoms with Crippen molar-refractivity contribution in [2.45, 2.75) is 31.6 Å². The van der Waals surface area contributed by atoms with Gasteiger partial charge in [-0.15, -0.1) is 0 Å². The Kier molecular flexibility index (Phi) is 5.35. The molecule has 6 heteroatoms. The van der Waals surface area contributed by atoms with Crippen LogP contribution in [0.2, 0.25) is 0 Å². The molecule has 0 radical (unpaired) electrons. The number of amides is 1. The summed E-state index contributed by atoms with van der Waals surface area (Å²) in [5.41, 5.74) is 6.63. The summed E-state index contributed by atoms with van der Waals surface area (Å²) in [4.78, 5) is 11.6. The van der Waals surface area contributed by atoms with E-state index >= 15 is 0 Å². The number of hydrogen-bond donors (Lipinski definition) is 2. The van der Waals surface area contributed by atoms with Crippen molar-refractivity contribution in [2.24, 2.45) is 0 Å². The minimum atomic E-state index is -3.69. The van der Waals surface area contributed by atoms with Gasteiger partial charge in [-0.1, -0.05) is 19.4 Å². The molecule has 1 aromatic rings. The van der Waals surface area contributed by atoms with E-state index in [9.17, 15) is 13.2 Å². The molecule has 1 rings (SSSR count). The predicted octanol–water partition coefficient (Wildman–Crippen LogP) is 1.27. The topological polar surface area (TPSA) is 89.3 Å². The molecule has 1 amide bonds. The van der Waals surface area contributed by atoms with Crippen molar-refractivity contribution in [3.63, 3.8) is 0 Å². The van der Waals surface area contributed by atoms with E-state index in [4.69, 9.17) is 5.73 Å². The summed E-state index contributed by atoms with van der Waals surface area (Å²) in [6, 6.07) is 4.76. The van der Waals surface area contributed by atoms with Gasteiger partial charge in [0.05, 0.1) is 10.6 Å². The normalized spacial score (nSPS) is 11.3. The van der Waals surface area contributed by atoms with Crippen molar-refractivity contribution in [1.82, 2.24) is 5.32 Å². The van der Waals surface area contributed by atoms with E-state index in [2.05, 4.69) is 5.32 Å². The van der Waals surface area contributed by atoms with E-state index in [1.807, 2.05) is 6.92 Å². The summed E-state index contributed by atoms with van der Waals surface area (Å²) in [7, 11) is -3.69. The lowest BCUT2D eigenvalue weighted by Crippen LogP contribution is -2.31. The molecule has 0 saturated carbocycles. The fourth-order valence-corrected chi connectivity index (χ4v) is 3.01. The fraction of sp³-hybridized carbons (Fsp3) is 0.462. The maximum absolute atomic E-state index is 12.1. The van der Waals surface area contributed by atoms with Crippen LogP contribution in [0.3, 0.4) is 0 Å². The molecule has 0 atom stereocenters. The Morgan fingerprint density at radius 3 is 2.68 bits per heavy atom. The van der Waals surface area contributed by atoms with Gasteiger partial charge in [0.2, 0.25) is 5.91 Å². The van der Waals surface area contributed by atoms with Gasteiger partial charge in [0, 0.05) is 6.54 Å². The Balaban J connectivity index is 2.81. The minimum absolute atomic E-state index is 0.0261. The molecule has 0 spiro atoms. The number of rotatable bonds is 6. The molecular formula is C13H20N2O3S. The van der Waals surface area contributed by atoms with Crippen LogP contribution in [-0.2, 0) is 14.6 Å². The van der Waals surface area contributed by atoms with E-state index in [-0.39, 0.29) is 10.6 Å². The Morgan fingerprint density at radius 2 is 2.05 bits per heavy atom. The Hall–Kier alpha value is -1.56. The molecule has 0 saturated heterocycles. The molecule has 5 nitrogen and oxygen atoms in total. The number of unbranched alkanes of at least 4 members (excludes halogenated alkanes) is 1. The molecule has 0 fully saturated rings. The van der Waals surface area contributed by atoms with Gasteiger partial charge in [-0.2, -0.15) is 0 Å². The van der Waals surface area contributed by atoms with Crippen LogP contribution in [0.1, 0.15) is 25.3 Å².